The molecule has 3 atom stereocenters. The summed E-state index contributed by atoms with van der Waals surface area (Å²) in [5.41, 5.74) is -0.465. The van der Waals surface area contributed by atoms with Gasteiger partial charge in [0.25, 0.3) is 0 Å². The van der Waals surface area contributed by atoms with E-state index in [9.17, 15) is 9.90 Å². The van der Waals surface area contributed by atoms with Gasteiger partial charge in [0.2, 0.25) is 0 Å². The first kappa shape index (κ1) is 12.3. The molecule has 0 spiro atoms. The maximum absolute atomic E-state index is 11.4. The van der Waals surface area contributed by atoms with Gasteiger partial charge in [-0.15, -0.1) is 0 Å². The van der Waals surface area contributed by atoms with Crippen LogP contribution in [0.4, 0.5) is 4.79 Å². The van der Waals surface area contributed by atoms with Crippen LogP contribution in [0.1, 0.15) is 40.5 Å². The van der Waals surface area contributed by atoms with Crippen LogP contribution in [-0.2, 0) is 4.74 Å². The van der Waals surface area contributed by atoms with Gasteiger partial charge in [0.1, 0.15) is 5.60 Å². The molecule has 1 aliphatic rings. The van der Waals surface area contributed by atoms with Gasteiger partial charge >= 0.3 is 6.09 Å². The Morgan fingerprint density at radius 3 is 2.40 bits per heavy atom. The Hall–Kier alpha value is -0.770. The van der Waals surface area contributed by atoms with E-state index in [0.717, 1.165) is 6.42 Å². The summed E-state index contributed by atoms with van der Waals surface area (Å²) in [6.45, 7) is 7.48. The van der Waals surface area contributed by atoms with Gasteiger partial charge in [0, 0.05) is 6.04 Å². The molecule has 2 N–H and O–H groups in total. The Balaban J connectivity index is 2.34. The molecule has 1 unspecified atom stereocenters. The predicted octanol–water partition coefficient (Wildman–Crippen LogP) is 1.67. The highest BCUT2D eigenvalue weighted by atomic mass is 16.6. The molecule has 0 radical (unpaired) electrons. The van der Waals surface area contributed by atoms with E-state index in [4.69, 9.17) is 4.74 Å². The van der Waals surface area contributed by atoms with E-state index in [1.807, 2.05) is 27.7 Å². The minimum Gasteiger partial charge on any atom is -0.444 e. The van der Waals surface area contributed by atoms with Crippen LogP contribution in [0.3, 0.4) is 0 Å². The van der Waals surface area contributed by atoms with E-state index in [1.54, 1.807) is 0 Å². The standard InChI is InChI=1S/C11H21NO3/c1-7-5-8(6-9(7)13)12-10(14)15-11(2,3)4/h7-9,13H,5-6H2,1-4H3,(H,12,14)/t7-,8?,9-/m1/s1. The molecule has 0 aromatic heterocycles. The quantitative estimate of drug-likeness (QED) is 0.699. The third kappa shape index (κ3) is 4.08. The lowest BCUT2D eigenvalue weighted by Crippen LogP contribution is -2.38. The second-order valence-electron chi connectivity index (χ2n) is 5.36. The highest BCUT2D eigenvalue weighted by Gasteiger charge is 2.31. The molecule has 0 aliphatic heterocycles. The average molecular weight is 215 g/mol. The third-order valence-electron chi connectivity index (χ3n) is 2.56. The molecular formula is C11H21NO3. The number of ether oxygens (including phenoxy) is 1. The first-order valence-corrected chi connectivity index (χ1v) is 5.45. The zero-order chi connectivity index (χ0) is 11.6. The van der Waals surface area contributed by atoms with E-state index in [0.29, 0.717) is 6.42 Å². The van der Waals surface area contributed by atoms with Crippen molar-refractivity contribution in [2.45, 2.75) is 58.3 Å². The molecule has 88 valence electrons. The monoisotopic (exact) mass is 215 g/mol. The Morgan fingerprint density at radius 1 is 1.40 bits per heavy atom. The van der Waals surface area contributed by atoms with Crippen molar-refractivity contribution in [3.63, 3.8) is 0 Å². The summed E-state index contributed by atoms with van der Waals surface area (Å²) in [5, 5.41) is 12.3. The Kier molecular flexibility index (Phi) is 3.60. The number of carbonyl (C=O) groups is 1. The Morgan fingerprint density at radius 2 is 2.00 bits per heavy atom. The number of carbonyl (C=O) groups excluding carboxylic acids is 1. The van der Waals surface area contributed by atoms with Gasteiger partial charge in [-0.1, -0.05) is 6.92 Å². The van der Waals surface area contributed by atoms with Gasteiger partial charge < -0.3 is 15.2 Å². The van der Waals surface area contributed by atoms with Crippen LogP contribution in [0.2, 0.25) is 0 Å². The molecule has 0 aromatic rings. The highest BCUT2D eigenvalue weighted by Crippen LogP contribution is 2.25. The van der Waals surface area contributed by atoms with Crippen molar-refractivity contribution in [2.75, 3.05) is 0 Å². The molecule has 4 heteroatoms. The van der Waals surface area contributed by atoms with Crippen LogP contribution in [-0.4, -0.2) is 28.9 Å². The number of rotatable bonds is 1. The summed E-state index contributed by atoms with van der Waals surface area (Å²) in [6.07, 6.45) is 0.750. The van der Waals surface area contributed by atoms with Gasteiger partial charge in [-0.05, 0) is 39.5 Å². The lowest BCUT2D eigenvalue weighted by Gasteiger charge is -2.21. The molecule has 0 saturated heterocycles. The summed E-state index contributed by atoms with van der Waals surface area (Å²) in [6, 6.07) is 0.0462. The van der Waals surface area contributed by atoms with Crippen LogP contribution in [0, 0.1) is 5.92 Å². The van der Waals surface area contributed by atoms with Crippen molar-refractivity contribution < 1.29 is 14.6 Å². The summed E-state index contributed by atoms with van der Waals surface area (Å²) in [5.74, 6) is 0.255. The average Bonchev–Trinajstić information content (AvgIpc) is 2.26. The molecule has 0 heterocycles. The van der Waals surface area contributed by atoms with Crippen LogP contribution >= 0.6 is 0 Å². The van der Waals surface area contributed by atoms with Crippen molar-refractivity contribution in [2.24, 2.45) is 5.92 Å². The SMILES string of the molecule is C[C@@H]1CC(NC(=O)OC(C)(C)C)C[C@H]1O. The lowest BCUT2D eigenvalue weighted by molar-refractivity contribution is 0.0502. The second-order valence-corrected chi connectivity index (χ2v) is 5.36. The number of nitrogens with one attached hydrogen (secondary N) is 1. The fourth-order valence-corrected chi connectivity index (χ4v) is 1.82. The van der Waals surface area contributed by atoms with Crippen molar-refractivity contribution in [3.05, 3.63) is 0 Å². The first-order chi connectivity index (χ1) is 6.78. The Bertz CT molecular complexity index is 224. The molecule has 0 bridgehead atoms. The molecule has 1 saturated carbocycles. The van der Waals surface area contributed by atoms with Crippen molar-refractivity contribution in [1.82, 2.24) is 5.32 Å². The minimum absolute atomic E-state index is 0.0462. The van der Waals surface area contributed by atoms with Gasteiger partial charge in [0.05, 0.1) is 6.10 Å². The van der Waals surface area contributed by atoms with Gasteiger partial charge in [-0.3, -0.25) is 0 Å². The topological polar surface area (TPSA) is 58.6 Å². The number of alkyl carbamates (subject to hydrolysis) is 1. The van der Waals surface area contributed by atoms with Crippen molar-refractivity contribution in [1.29, 1.82) is 0 Å². The number of amides is 1. The summed E-state index contributed by atoms with van der Waals surface area (Å²) < 4.78 is 5.14. The van der Waals surface area contributed by atoms with Crippen molar-refractivity contribution >= 4 is 6.09 Å². The Labute approximate surface area is 91.0 Å². The van der Waals surface area contributed by atoms with Crippen LogP contribution in [0.25, 0.3) is 0 Å². The van der Waals surface area contributed by atoms with E-state index in [1.165, 1.54) is 0 Å². The maximum atomic E-state index is 11.4. The number of aliphatic hydroxyl groups is 1. The van der Waals surface area contributed by atoms with Gasteiger partial charge in [-0.25, -0.2) is 4.79 Å². The van der Waals surface area contributed by atoms with E-state index >= 15 is 0 Å². The van der Waals surface area contributed by atoms with Crippen molar-refractivity contribution in [3.8, 4) is 0 Å². The largest absolute Gasteiger partial charge is 0.444 e. The first-order valence-electron chi connectivity index (χ1n) is 5.45. The maximum Gasteiger partial charge on any atom is 0.407 e. The fourth-order valence-electron chi connectivity index (χ4n) is 1.82. The van der Waals surface area contributed by atoms with E-state index < -0.39 is 11.7 Å². The molecule has 1 rings (SSSR count). The summed E-state index contributed by atoms with van der Waals surface area (Å²) in [4.78, 5) is 11.4. The summed E-state index contributed by atoms with van der Waals surface area (Å²) >= 11 is 0. The van der Waals surface area contributed by atoms with Crippen LogP contribution < -0.4 is 5.32 Å². The van der Waals surface area contributed by atoms with Crippen LogP contribution in [0.5, 0.6) is 0 Å². The van der Waals surface area contributed by atoms with Gasteiger partial charge in [0.15, 0.2) is 0 Å². The number of hydrogen-bond donors (Lipinski definition) is 2. The molecule has 4 nitrogen and oxygen atoms in total. The predicted molar refractivity (Wildman–Crippen MR) is 57.6 cm³/mol. The second kappa shape index (κ2) is 4.39. The third-order valence-corrected chi connectivity index (χ3v) is 2.56. The molecule has 15 heavy (non-hydrogen) atoms. The molecule has 1 amide bonds. The zero-order valence-corrected chi connectivity index (χ0v) is 9.91. The normalized spacial score (nSPS) is 31.4. The molecule has 0 aromatic carbocycles. The fraction of sp³-hybridized carbons (Fsp3) is 0.909. The highest BCUT2D eigenvalue weighted by molar-refractivity contribution is 5.68. The number of aliphatic hydroxyl groups excluding tert-OH is 1. The molecular weight excluding hydrogens is 194 g/mol. The smallest absolute Gasteiger partial charge is 0.407 e. The van der Waals surface area contributed by atoms with Crippen LogP contribution in [0.15, 0.2) is 0 Å². The van der Waals surface area contributed by atoms with E-state index in [2.05, 4.69) is 5.32 Å². The lowest BCUT2D eigenvalue weighted by atomic mass is 10.1. The molecule has 1 aliphatic carbocycles. The van der Waals surface area contributed by atoms with E-state index in [-0.39, 0.29) is 18.1 Å². The molecule has 1 fully saturated rings. The van der Waals surface area contributed by atoms with Gasteiger partial charge in [-0.2, -0.15) is 0 Å². The zero-order valence-electron chi connectivity index (χ0n) is 9.91. The number of hydrogen-bond acceptors (Lipinski definition) is 3. The summed E-state index contributed by atoms with van der Waals surface area (Å²) in [7, 11) is 0. The minimum atomic E-state index is -0.465.